The van der Waals surface area contributed by atoms with E-state index in [1.807, 2.05) is 0 Å². The standard InChI is InChI=1S/C13H10N4O3S/c18-10(16-12-14-5-6-21-12)7-17-11(19)8-3-1-2-4-9(8)15-13(17)20/h1-6H,7H2,(H,15,20)(H,14,16,18). The molecule has 0 atom stereocenters. The minimum atomic E-state index is -0.618. The van der Waals surface area contributed by atoms with Crippen LogP contribution in [0.1, 0.15) is 0 Å². The van der Waals surface area contributed by atoms with Gasteiger partial charge in [0.1, 0.15) is 6.54 Å². The monoisotopic (exact) mass is 302 g/mol. The van der Waals surface area contributed by atoms with Crippen molar-refractivity contribution in [3.05, 3.63) is 56.7 Å². The number of hydrogen-bond donors (Lipinski definition) is 2. The fraction of sp³-hybridized carbons (Fsp3) is 0.0769. The van der Waals surface area contributed by atoms with Crippen molar-refractivity contribution in [2.45, 2.75) is 6.54 Å². The number of aromatic amines is 1. The maximum absolute atomic E-state index is 12.2. The van der Waals surface area contributed by atoms with Crippen molar-refractivity contribution < 1.29 is 4.79 Å². The van der Waals surface area contributed by atoms with Crippen molar-refractivity contribution in [1.29, 1.82) is 0 Å². The quantitative estimate of drug-likeness (QED) is 0.747. The van der Waals surface area contributed by atoms with Gasteiger partial charge in [-0.1, -0.05) is 12.1 Å². The number of nitrogens with one attached hydrogen (secondary N) is 2. The molecule has 0 saturated carbocycles. The molecule has 8 heteroatoms. The van der Waals surface area contributed by atoms with Crippen LogP contribution in [0.5, 0.6) is 0 Å². The zero-order valence-electron chi connectivity index (χ0n) is 10.7. The SMILES string of the molecule is O=C(Cn1c(=O)[nH]c2ccccc2c1=O)Nc1nccs1. The molecule has 0 radical (unpaired) electrons. The van der Waals surface area contributed by atoms with Crippen molar-refractivity contribution in [3.8, 4) is 0 Å². The van der Waals surface area contributed by atoms with E-state index in [-0.39, 0.29) is 6.54 Å². The molecule has 0 spiro atoms. The molecular weight excluding hydrogens is 292 g/mol. The van der Waals surface area contributed by atoms with E-state index in [1.54, 1.807) is 35.8 Å². The summed E-state index contributed by atoms with van der Waals surface area (Å²) in [6.07, 6.45) is 1.55. The number of aromatic nitrogens is 3. The molecule has 0 fully saturated rings. The van der Waals surface area contributed by atoms with Crippen LogP contribution in [-0.2, 0) is 11.3 Å². The van der Waals surface area contributed by atoms with Gasteiger partial charge in [0.25, 0.3) is 5.56 Å². The van der Waals surface area contributed by atoms with Crippen LogP contribution in [0.4, 0.5) is 5.13 Å². The number of carbonyl (C=O) groups is 1. The molecule has 7 nitrogen and oxygen atoms in total. The molecule has 1 aromatic carbocycles. The van der Waals surface area contributed by atoms with Crippen LogP contribution in [0.2, 0.25) is 0 Å². The summed E-state index contributed by atoms with van der Waals surface area (Å²) in [5.41, 5.74) is -0.666. The average molecular weight is 302 g/mol. The molecule has 0 aliphatic heterocycles. The lowest BCUT2D eigenvalue weighted by Crippen LogP contribution is -2.38. The molecule has 3 aromatic rings. The topological polar surface area (TPSA) is 96.9 Å². The molecule has 21 heavy (non-hydrogen) atoms. The second kappa shape index (κ2) is 5.33. The molecule has 0 unspecified atom stereocenters. The molecule has 1 amide bonds. The first-order valence-corrected chi connectivity index (χ1v) is 6.94. The molecule has 0 bridgehead atoms. The van der Waals surface area contributed by atoms with E-state index in [0.717, 1.165) is 4.57 Å². The van der Waals surface area contributed by atoms with E-state index >= 15 is 0 Å². The highest BCUT2D eigenvalue weighted by Crippen LogP contribution is 2.09. The summed E-state index contributed by atoms with van der Waals surface area (Å²) in [5.74, 6) is -0.479. The van der Waals surface area contributed by atoms with Crippen LogP contribution >= 0.6 is 11.3 Å². The Bertz CT molecular complexity index is 911. The van der Waals surface area contributed by atoms with Gasteiger partial charge in [-0.2, -0.15) is 0 Å². The van der Waals surface area contributed by atoms with Crippen LogP contribution in [0.15, 0.2) is 45.4 Å². The molecule has 0 aliphatic carbocycles. The highest BCUT2D eigenvalue weighted by atomic mass is 32.1. The summed E-state index contributed by atoms with van der Waals surface area (Å²) < 4.78 is 0.866. The first kappa shape index (κ1) is 13.3. The normalized spacial score (nSPS) is 10.7. The first-order valence-electron chi connectivity index (χ1n) is 6.06. The smallest absolute Gasteiger partial charge is 0.307 e. The van der Waals surface area contributed by atoms with E-state index < -0.39 is 17.2 Å². The summed E-state index contributed by atoms with van der Waals surface area (Å²) >= 11 is 1.26. The molecule has 0 saturated heterocycles. The number of para-hydroxylation sites is 1. The Hall–Kier alpha value is -2.74. The first-order chi connectivity index (χ1) is 10.1. The van der Waals surface area contributed by atoms with Gasteiger partial charge in [-0.05, 0) is 12.1 Å². The number of hydrogen-bond acceptors (Lipinski definition) is 5. The van der Waals surface area contributed by atoms with Crippen molar-refractivity contribution in [2.24, 2.45) is 0 Å². The molecule has 2 aromatic heterocycles. The zero-order chi connectivity index (χ0) is 14.8. The number of carbonyl (C=O) groups excluding carboxylic acids is 1. The second-order valence-corrected chi connectivity index (χ2v) is 5.15. The maximum atomic E-state index is 12.2. The van der Waals surface area contributed by atoms with Gasteiger partial charge in [0.15, 0.2) is 5.13 Å². The minimum Gasteiger partial charge on any atom is -0.307 e. The van der Waals surface area contributed by atoms with Gasteiger partial charge in [0.2, 0.25) is 5.91 Å². The summed E-state index contributed by atoms with van der Waals surface area (Å²) in [6.45, 7) is -0.363. The number of nitrogens with zero attached hydrogens (tertiary/aromatic N) is 2. The molecule has 106 valence electrons. The van der Waals surface area contributed by atoms with Crippen molar-refractivity contribution in [2.75, 3.05) is 5.32 Å². The Labute approximate surface area is 121 Å². The van der Waals surface area contributed by atoms with Crippen LogP contribution in [0, 0.1) is 0 Å². The van der Waals surface area contributed by atoms with Gasteiger partial charge in [0, 0.05) is 11.6 Å². The summed E-state index contributed by atoms with van der Waals surface area (Å²) in [5, 5.41) is 5.02. The molecule has 2 heterocycles. The Balaban J connectivity index is 1.95. The second-order valence-electron chi connectivity index (χ2n) is 4.25. The van der Waals surface area contributed by atoms with Gasteiger partial charge in [-0.25, -0.2) is 9.78 Å². The average Bonchev–Trinajstić information content (AvgIpc) is 2.96. The van der Waals surface area contributed by atoms with Crippen LogP contribution in [-0.4, -0.2) is 20.4 Å². The number of anilines is 1. The van der Waals surface area contributed by atoms with Gasteiger partial charge < -0.3 is 10.3 Å². The number of H-pyrrole nitrogens is 1. The van der Waals surface area contributed by atoms with E-state index in [9.17, 15) is 14.4 Å². The van der Waals surface area contributed by atoms with Crippen molar-refractivity contribution in [3.63, 3.8) is 0 Å². The van der Waals surface area contributed by atoms with E-state index in [0.29, 0.717) is 16.0 Å². The lowest BCUT2D eigenvalue weighted by atomic mass is 10.2. The highest BCUT2D eigenvalue weighted by molar-refractivity contribution is 7.13. The van der Waals surface area contributed by atoms with Crippen molar-refractivity contribution in [1.82, 2.24) is 14.5 Å². The fourth-order valence-electron chi connectivity index (χ4n) is 1.93. The number of benzene rings is 1. The van der Waals surface area contributed by atoms with E-state index in [2.05, 4.69) is 15.3 Å². The van der Waals surface area contributed by atoms with Crippen molar-refractivity contribution >= 4 is 33.3 Å². The minimum absolute atomic E-state index is 0.360. The van der Waals surface area contributed by atoms with Crippen LogP contribution in [0.3, 0.4) is 0 Å². The fourth-order valence-corrected chi connectivity index (χ4v) is 2.48. The number of thiazole rings is 1. The van der Waals surface area contributed by atoms with Gasteiger partial charge in [-0.15, -0.1) is 11.3 Å². The third-order valence-electron chi connectivity index (χ3n) is 2.87. The third kappa shape index (κ3) is 2.61. The Kier molecular flexibility index (Phi) is 3.36. The maximum Gasteiger partial charge on any atom is 0.329 e. The molecule has 3 rings (SSSR count). The summed E-state index contributed by atoms with van der Waals surface area (Å²) in [4.78, 5) is 42.5. The third-order valence-corrected chi connectivity index (χ3v) is 3.56. The van der Waals surface area contributed by atoms with Crippen LogP contribution < -0.4 is 16.6 Å². The predicted molar refractivity (Wildman–Crippen MR) is 79.6 cm³/mol. The van der Waals surface area contributed by atoms with Gasteiger partial charge in [-0.3, -0.25) is 14.2 Å². The lowest BCUT2D eigenvalue weighted by molar-refractivity contribution is -0.116. The predicted octanol–water partition coefficient (Wildman–Crippen LogP) is 0.785. The van der Waals surface area contributed by atoms with Gasteiger partial charge >= 0.3 is 5.69 Å². The molecular formula is C13H10N4O3S. The largest absolute Gasteiger partial charge is 0.329 e. The number of rotatable bonds is 3. The number of fused-ring (bicyclic) bond motifs is 1. The summed E-state index contributed by atoms with van der Waals surface area (Å²) in [6, 6.07) is 6.65. The lowest BCUT2D eigenvalue weighted by Gasteiger charge is -2.06. The summed E-state index contributed by atoms with van der Waals surface area (Å²) in [7, 11) is 0. The number of amides is 1. The van der Waals surface area contributed by atoms with Crippen LogP contribution in [0.25, 0.3) is 10.9 Å². The van der Waals surface area contributed by atoms with E-state index in [1.165, 1.54) is 11.3 Å². The molecule has 2 N–H and O–H groups in total. The van der Waals surface area contributed by atoms with E-state index in [4.69, 9.17) is 0 Å². The Morgan fingerprint density at radius 3 is 2.90 bits per heavy atom. The Morgan fingerprint density at radius 2 is 2.14 bits per heavy atom. The highest BCUT2D eigenvalue weighted by Gasteiger charge is 2.11. The Morgan fingerprint density at radius 1 is 1.33 bits per heavy atom. The zero-order valence-corrected chi connectivity index (χ0v) is 11.5. The van der Waals surface area contributed by atoms with Gasteiger partial charge in [0.05, 0.1) is 10.9 Å². The molecule has 0 aliphatic rings.